The van der Waals surface area contributed by atoms with E-state index in [2.05, 4.69) is 18.1 Å². The summed E-state index contributed by atoms with van der Waals surface area (Å²) in [6.07, 6.45) is 4.73. The molecule has 4 heteroatoms. The molecule has 0 aliphatic heterocycles. The van der Waals surface area contributed by atoms with E-state index < -0.39 is 0 Å². The van der Waals surface area contributed by atoms with Crippen LogP contribution < -0.4 is 4.90 Å². The predicted molar refractivity (Wildman–Crippen MR) is 67.6 cm³/mol. The summed E-state index contributed by atoms with van der Waals surface area (Å²) in [5.41, 5.74) is 1.23. The van der Waals surface area contributed by atoms with Gasteiger partial charge in [-0.15, -0.1) is 13.2 Å². The Bertz CT molecular complexity index is 405. The lowest BCUT2D eigenvalue weighted by atomic mass is 10.2. The molecule has 0 amide bonds. The van der Waals surface area contributed by atoms with E-state index in [9.17, 15) is 9.59 Å². The smallest absolute Gasteiger partial charge is 0.168 e. The van der Waals surface area contributed by atoms with Gasteiger partial charge >= 0.3 is 0 Å². The van der Waals surface area contributed by atoms with Gasteiger partial charge in [-0.05, 0) is 12.1 Å². The van der Waals surface area contributed by atoms with Crippen LogP contribution in [0.25, 0.3) is 0 Å². The molecule has 0 aliphatic carbocycles. The summed E-state index contributed by atoms with van der Waals surface area (Å²) in [4.78, 5) is 27.2. The van der Waals surface area contributed by atoms with Gasteiger partial charge < -0.3 is 4.90 Å². The van der Waals surface area contributed by atoms with Gasteiger partial charge in [-0.3, -0.25) is 9.59 Å². The zero-order chi connectivity index (χ0) is 12.7. The largest absolute Gasteiger partial charge is 0.364 e. The summed E-state index contributed by atoms with van der Waals surface area (Å²) in [7, 11) is 0. The van der Waals surface area contributed by atoms with E-state index in [4.69, 9.17) is 0 Å². The van der Waals surface area contributed by atoms with Crippen LogP contribution in [0.1, 0.15) is 21.0 Å². The first-order valence-corrected chi connectivity index (χ1v) is 5.14. The molecule has 1 heterocycles. The summed E-state index contributed by atoms with van der Waals surface area (Å²) in [6, 6.07) is 3.26. The second-order valence-electron chi connectivity index (χ2n) is 3.39. The number of aldehydes is 2. The first-order chi connectivity index (χ1) is 8.24. The normalized spacial score (nSPS) is 9.41. The van der Waals surface area contributed by atoms with Crippen LogP contribution in [0.15, 0.2) is 37.4 Å². The van der Waals surface area contributed by atoms with E-state index >= 15 is 0 Å². The highest BCUT2D eigenvalue weighted by atomic mass is 16.1. The first kappa shape index (κ1) is 12.8. The number of carbonyl (C=O) groups is 2. The van der Waals surface area contributed by atoms with Crippen LogP contribution in [-0.4, -0.2) is 30.6 Å². The Kier molecular flexibility index (Phi) is 4.81. The van der Waals surface area contributed by atoms with Crippen molar-refractivity contribution in [1.82, 2.24) is 4.98 Å². The van der Waals surface area contributed by atoms with Gasteiger partial charge in [-0.2, -0.15) is 0 Å². The minimum absolute atomic E-state index is 0.239. The van der Waals surface area contributed by atoms with Gasteiger partial charge in [-0.1, -0.05) is 12.2 Å². The average molecular weight is 230 g/mol. The fourth-order valence-electron chi connectivity index (χ4n) is 1.46. The van der Waals surface area contributed by atoms with E-state index in [0.29, 0.717) is 25.7 Å². The van der Waals surface area contributed by atoms with E-state index in [-0.39, 0.29) is 11.4 Å². The van der Waals surface area contributed by atoms with Gasteiger partial charge in [0.1, 0.15) is 11.4 Å². The topological polar surface area (TPSA) is 50.3 Å². The molecule has 0 fully saturated rings. The summed E-state index contributed by atoms with van der Waals surface area (Å²) in [6.45, 7) is 8.53. The highest BCUT2D eigenvalue weighted by molar-refractivity contribution is 5.80. The molecule has 0 aromatic carbocycles. The second kappa shape index (κ2) is 6.37. The number of anilines is 1. The monoisotopic (exact) mass is 230 g/mol. The highest BCUT2D eigenvalue weighted by Gasteiger charge is 2.07. The molecule has 0 unspecified atom stereocenters. The third kappa shape index (κ3) is 3.38. The number of pyridine rings is 1. The summed E-state index contributed by atoms with van der Waals surface area (Å²) >= 11 is 0. The number of rotatable bonds is 7. The molecule has 88 valence electrons. The van der Waals surface area contributed by atoms with Crippen molar-refractivity contribution in [2.75, 3.05) is 18.0 Å². The molecule has 0 radical (unpaired) electrons. The molecule has 0 bridgehead atoms. The maximum atomic E-state index is 10.7. The number of nitrogens with zero attached hydrogens (tertiary/aromatic N) is 2. The van der Waals surface area contributed by atoms with Crippen molar-refractivity contribution >= 4 is 18.3 Å². The van der Waals surface area contributed by atoms with Crippen molar-refractivity contribution in [2.24, 2.45) is 0 Å². The van der Waals surface area contributed by atoms with Crippen molar-refractivity contribution in [2.45, 2.75) is 0 Å². The maximum absolute atomic E-state index is 10.7. The summed E-state index contributed by atoms with van der Waals surface area (Å²) < 4.78 is 0. The number of aromatic nitrogens is 1. The van der Waals surface area contributed by atoms with Crippen molar-refractivity contribution in [3.63, 3.8) is 0 Å². The second-order valence-corrected chi connectivity index (χ2v) is 3.39. The van der Waals surface area contributed by atoms with Gasteiger partial charge in [-0.25, -0.2) is 4.98 Å². The lowest BCUT2D eigenvalue weighted by Crippen LogP contribution is -2.23. The molecule has 1 aromatic rings. The molecule has 0 atom stereocenters. The van der Waals surface area contributed by atoms with Gasteiger partial charge in [0.15, 0.2) is 12.6 Å². The molecule has 0 saturated heterocycles. The Balaban J connectivity index is 3.15. The molecule has 0 saturated carbocycles. The molecule has 17 heavy (non-hydrogen) atoms. The van der Waals surface area contributed by atoms with Gasteiger partial charge in [0.25, 0.3) is 0 Å². The molecule has 4 nitrogen and oxygen atoms in total. The van der Waals surface area contributed by atoms with Crippen LogP contribution in [0.4, 0.5) is 5.69 Å². The van der Waals surface area contributed by atoms with Crippen LogP contribution in [0.3, 0.4) is 0 Å². The van der Waals surface area contributed by atoms with Crippen LogP contribution in [-0.2, 0) is 0 Å². The molecular formula is C13H14N2O2. The van der Waals surface area contributed by atoms with Crippen LogP contribution in [0, 0.1) is 0 Å². The fourth-order valence-corrected chi connectivity index (χ4v) is 1.46. The Morgan fingerprint density at radius 2 is 1.53 bits per heavy atom. The van der Waals surface area contributed by atoms with E-state index in [1.54, 1.807) is 24.3 Å². The number of hydrogen-bond donors (Lipinski definition) is 0. The lowest BCUT2D eigenvalue weighted by Gasteiger charge is -2.21. The third-order valence-electron chi connectivity index (χ3n) is 2.16. The SMILES string of the molecule is C=CCN(CC=C)c1cc(C=O)nc(C=O)c1. The van der Waals surface area contributed by atoms with Crippen molar-refractivity contribution < 1.29 is 9.59 Å². The lowest BCUT2D eigenvalue weighted by molar-refractivity contribution is 0.111. The van der Waals surface area contributed by atoms with Crippen molar-refractivity contribution in [1.29, 1.82) is 0 Å². The van der Waals surface area contributed by atoms with E-state index in [1.165, 1.54) is 0 Å². The van der Waals surface area contributed by atoms with E-state index in [0.717, 1.165) is 5.69 Å². The Hall–Kier alpha value is -2.23. The third-order valence-corrected chi connectivity index (χ3v) is 2.16. The molecule has 1 aromatic heterocycles. The average Bonchev–Trinajstić information content (AvgIpc) is 2.37. The van der Waals surface area contributed by atoms with Crippen LogP contribution in [0.5, 0.6) is 0 Å². The van der Waals surface area contributed by atoms with Gasteiger partial charge in [0.05, 0.1) is 0 Å². The maximum Gasteiger partial charge on any atom is 0.168 e. The molecule has 0 aliphatic rings. The Morgan fingerprint density at radius 1 is 1.06 bits per heavy atom. The Morgan fingerprint density at radius 3 is 1.88 bits per heavy atom. The molecule has 1 rings (SSSR count). The Labute approximate surface area is 100 Å². The molecular weight excluding hydrogens is 216 g/mol. The minimum atomic E-state index is 0.239. The molecule has 0 spiro atoms. The quantitative estimate of drug-likeness (QED) is 0.530. The number of carbonyl (C=O) groups excluding carboxylic acids is 2. The first-order valence-electron chi connectivity index (χ1n) is 5.14. The zero-order valence-corrected chi connectivity index (χ0v) is 9.50. The van der Waals surface area contributed by atoms with Crippen LogP contribution >= 0.6 is 0 Å². The predicted octanol–water partition coefficient (Wildman–Crippen LogP) is 1.89. The van der Waals surface area contributed by atoms with Crippen molar-refractivity contribution in [3.05, 3.63) is 48.8 Å². The highest BCUT2D eigenvalue weighted by Crippen LogP contribution is 2.15. The van der Waals surface area contributed by atoms with Crippen LogP contribution in [0.2, 0.25) is 0 Å². The van der Waals surface area contributed by atoms with Crippen molar-refractivity contribution in [3.8, 4) is 0 Å². The van der Waals surface area contributed by atoms with Gasteiger partial charge in [0.2, 0.25) is 0 Å². The molecule has 0 N–H and O–H groups in total. The standard InChI is InChI=1S/C13H14N2O2/c1-3-5-15(6-4-2)13-7-11(9-16)14-12(8-13)10-17/h3-4,7-10H,1-2,5-6H2. The fraction of sp³-hybridized carbons (Fsp3) is 0.154. The van der Waals surface area contributed by atoms with E-state index in [1.807, 2.05) is 4.90 Å². The summed E-state index contributed by atoms with van der Waals surface area (Å²) in [5, 5.41) is 0. The zero-order valence-electron chi connectivity index (χ0n) is 9.50. The van der Waals surface area contributed by atoms with Gasteiger partial charge in [0, 0.05) is 18.8 Å². The number of hydrogen-bond acceptors (Lipinski definition) is 4. The minimum Gasteiger partial charge on any atom is -0.364 e. The summed E-state index contributed by atoms with van der Waals surface area (Å²) in [5.74, 6) is 0.